The van der Waals surface area contributed by atoms with Gasteiger partial charge in [-0.3, -0.25) is 0 Å². The Bertz CT molecular complexity index is 1770. The van der Waals surface area contributed by atoms with Crippen molar-refractivity contribution < 1.29 is 38.1 Å². The van der Waals surface area contributed by atoms with Gasteiger partial charge >= 0.3 is 24.1 Å². The second kappa shape index (κ2) is 16.2. The van der Waals surface area contributed by atoms with E-state index >= 15 is 0 Å². The molecule has 4 aromatic carbocycles. The summed E-state index contributed by atoms with van der Waals surface area (Å²) in [4.78, 5) is 52.2. The number of hydrogen-bond acceptors (Lipinski definition) is 8. The largest absolute Gasteiger partial charge is 0.467 e. The van der Waals surface area contributed by atoms with E-state index in [1.165, 1.54) is 7.11 Å². The first-order valence-corrected chi connectivity index (χ1v) is 16.5. The van der Waals surface area contributed by atoms with Crippen LogP contribution in [0, 0.1) is 0 Å². The molecule has 0 aliphatic heterocycles. The van der Waals surface area contributed by atoms with Crippen molar-refractivity contribution in [3.8, 4) is 11.1 Å². The lowest BCUT2D eigenvalue weighted by molar-refractivity contribution is -0.147. The third kappa shape index (κ3) is 9.28. The van der Waals surface area contributed by atoms with Crippen LogP contribution in [0.1, 0.15) is 54.5 Å². The van der Waals surface area contributed by atoms with Gasteiger partial charge in [-0.15, -0.1) is 0 Å². The summed E-state index contributed by atoms with van der Waals surface area (Å²) in [5.41, 5.74) is 5.63. The van der Waals surface area contributed by atoms with Gasteiger partial charge in [-0.05, 0) is 59.7 Å². The molecule has 4 aromatic rings. The summed E-state index contributed by atoms with van der Waals surface area (Å²) in [6.45, 7) is 5.23. The summed E-state index contributed by atoms with van der Waals surface area (Å²) in [5.74, 6) is -1.49. The van der Waals surface area contributed by atoms with Gasteiger partial charge in [0, 0.05) is 18.8 Å². The third-order valence-corrected chi connectivity index (χ3v) is 8.29. The number of nitrogens with one attached hydrogen (secondary N) is 2. The van der Waals surface area contributed by atoms with E-state index in [9.17, 15) is 19.2 Å². The number of carbonyl (C=O) groups is 4. The van der Waals surface area contributed by atoms with Crippen molar-refractivity contribution in [2.24, 2.45) is 0 Å². The van der Waals surface area contributed by atoms with Crippen LogP contribution in [0.15, 0.2) is 103 Å². The minimum atomic E-state index is -1.13. The fourth-order valence-corrected chi connectivity index (χ4v) is 5.99. The second-order valence-electron chi connectivity index (χ2n) is 13.0. The topological polar surface area (TPSA) is 129 Å². The molecule has 0 saturated carbocycles. The maximum absolute atomic E-state index is 13.6. The fraction of sp³-hybridized carbons (Fsp3) is 0.300. The van der Waals surface area contributed by atoms with Gasteiger partial charge in [-0.2, -0.15) is 0 Å². The quantitative estimate of drug-likeness (QED) is 0.129. The van der Waals surface area contributed by atoms with Gasteiger partial charge < -0.3 is 29.6 Å². The lowest BCUT2D eigenvalue weighted by atomic mass is 9.95. The van der Waals surface area contributed by atoms with E-state index in [-0.39, 0.29) is 32.0 Å². The number of rotatable bonds is 12. The zero-order valence-corrected chi connectivity index (χ0v) is 28.6. The Morgan fingerprint density at radius 1 is 0.640 bits per heavy atom. The average Bonchev–Trinajstić information content (AvgIpc) is 3.42. The Morgan fingerprint density at radius 3 is 1.70 bits per heavy atom. The minimum absolute atomic E-state index is 0.00835. The van der Waals surface area contributed by atoms with Crippen LogP contribution < -0.4 is 10.6 Å². The van der Waals surface area contributed by atoms with E-state index in [1.54, 1.807) is 45.0 Å². The van der Waals surface area contributed by atoms with Crippen molar-refractivity contribution in [3.63, 3.8) is 0 Å². The Hall–Kier alpha value is -5.64. The summed E-state index contributed by atoms with van der Waals surface area (Å²) in [6, 6.07) is 30.2. The number of hydrogen-bond donors (Lipinski definition) is 2. The normalized spacial score (nSPS) is 13.2. The highest BCUT2D eigenvalue weighted by molar-refractivity contribution is 5.83. The highest BCUT2D eigenvalue weighted by Crippen LogP contribution is 2.44. The molecule has 2 N–H and O–H groups in total. The Kier molecular flexibility index (Phi) is 11.5. The van der Waals surface area contributed by atoms with Crippen LogP contribution in [0.2, 0.25) is 0 Å². The predicted octanol–water partition coefficient (Wildman–Crippen LogP) is 6.49. The first-order chi connectivity index (χ1) is 24.0. The molecule has 0 saturated heterocycles. The van der Waals surface area contributed by atoms with Crippen LogP contribution in [0.5, 0.6) is 0 Å². The average molecular weight is 679 g/mol. The van der Waals surface area contributed by atoms with Crippen molar-refractivity contribution >= 4 is 24.1 Å². The number of esters is 2. The molecule has 0 bridgehead atoms. The van der Waals surface area contributed by atoms with Gasteiger partial charge in [0.25, 0.3) is 0 Å². The van der Waals surface area contributed by atoms with E-state index in [0.29, 0.717) is 11.1 Å². The number of alkyl carbamates (subject to hydrolysis) is 2. The maximum Gasteiger partial charge on any atom is 0.408 e. The highest BCUT2D eigenvalue weighted by Gasteiger charge is 2.31. The summed E-state index contributed by atoms with van der Waals surface area (Å²) in [6.07, 6.45) is -1.48. The van der Waals surface area contributed by atoms with Crippen LogP contribution in [0.3, 0.4) is 0 Å². The molecule has 5 rings (SSSR count). The number of methoxy groups -OCH3 is 1. The van der Waals surface area contributed by atoms with Gasteiger partial charge in [-0.1, -0.05) is 103 Å². The Morgan fingerprint density at radius 2 is 1.14 bits per heavy atom. The lowest BCUT2D eigenvalue weighted by Crippen LogP contribution is -2.46. The molecular weight excluding hydrogens is 636 g/mol. The fourth-order valence-electron chi connectivity index (χ4n) is 5.99. The summed E-state index contributed by atoms with van der Waals surface area (Å²) in [5, 5.41) is 5.32. The predicted molar refractivity (Wildman–Crippen MR) is 187 cm³/mol. The summed E-state index contributed by atoms with van der Waals surface area (Å²) < 4.78 is 21.7. The Balaban J connectivity index is 1.33. The van der Waals surface area contributed by atoms with E-state index in [2.05, 4.69) is 22.8 Å². The molecule has 1 aliphatic carbocycles. The number of ether oxygens (including phenoxy) is 4. The number of fused-ring (bicyclic) bond motifs is 3. The lowest BCUT2D eigenvalue weighted by Gasteiger charge is -2.24. The van der Waals surface area contributed by atoms with Gasteiger partial charge in [0.05, 0.1) is 7.11 Å². The van der Waals surface area contributed by atoms with Crippen molar-refractivity contribution in [1.29, 1.82) is 0 Å². The van der Waals surface area contributed by atoms with Crippen molar-refractivity contribution in [2.75, 3.05) is 13.7 Å². The first kappa shape index (κ1) is 35.7. The van der Waals surface area contributed by atoms with E-state index in [4.69, 9.17) is 18.9 Å². The number of carbonyl (C=O) groups excluding carboxylic acids is 4. The van der Waals surface area contributed by atoms with Gasteiger partial charge in [0.2, 0.25) is 0 Å². The van der Waals surface area contributed by atoms with Crippen molar-refractivity contribution in [3.05, 3.63) is 131 Å². The molecular formula is C40H42N2O8. The minimum Gasteiger partial charge on any atom is -0.467 e. The van der Waals surface area contributed by atoms with E-state index in [1.807, 2.05) is 66.7 Å². The van der Waals surface area contributed by atoms with Crippen molar-refractivity contribution in [1.82, 2.24) is 10.6 Å². The van der Waals surface area contributed by atoms with Gasteiger partial charge in [0.15, 0.2) is 0 Å². The maximum atomic E-state index is 13.6. The number of amides is 2. The molecule has 0 aromatic heterocycles. The summed E-state index contributed by atoms with van der Waals surface area (Å²) >= 11 is 0. The molecule has 2 atom stereocenters. The molecule has 1 aliphatic rings. The molecule has 0 spiro atoms. The zero-order chi connectivity index (χ0) is 35.7. The highest BCUT2D eigenvalue weighted by atomic mass is 16.6. The molecule has 0 radical (unpaired) electrons. The van der Waals surface area contributed by atoms with Gasteiger partial charge in [0.1, 0.15) is 30.9 Å². The number of benzene rings is 4. The molecule has 0 fully saturated rings. The molecule has 0 heterocycles. The van der Waals surface area contributed by atoms with Gasteiger partial charge in [-0.25, -0.2) is 19.2 Å². The molecule has 10 heteroatoms. The zero-order valence-electron chi connectivity index (χ0n) is 28.6. The van der Waals surface area contributed by atoms with Crippen LogP contribution in [0.4, 0.5) is 9.59 Å². The monoisotopic (exact) mass is 678 g/mol. The molecule has 10 nitrogen and oxygen atoms in total. The van der Waals surface area contributed by atoms with Crippen LogP contribution >= 0.6 is 0 Å². The van der Waals surface area contributed by atoms with E-state index in [0.717, 1.165) is 27.8 Å². The molecule has 50 heavy (non-hydrogen) atoms. The SMILES string of the molecule is COC(=O)C(Cc1ccccc1C[C@H](NC(=O)OCC1c2ccccc2-c2ccccc21)C(=O)OCc1ccccc1)NC(=O)OC(C)(C)C. The van der Waals surface area contributed by atoms with Crippen LogP contribution in [-0.2, 0) is 48.0 Å². The molecule has 260 valence electrons. The third-order valence-electron chi connectivity index (χ3n) is 8.29. The smallest absolute Gasteiger partial charge is 0.408 e. The van der Waals surface area contributed by atoms with Crippen LogP contribution in [0.25, 0.3) is 11.1 Å². The second-order valence-corrected chi connectivity index (χ2v) is 13.0. The Labute approximate surface area is 292 Å². The van der Waals surface area contributed by atoms with Crippen molar-refractivity contribution in [2.45, 2.75) is 63.8 Å². The molecule has 1 unspecified atom stereocenters. The molecule has 2 amide bonds. The first-order valence-electron chi connectivity index (χ1n) is 16.5. The summed E-state index contributed by atoms with van der Waals surface area (Å²) in [7, 11) is 1.23. The van der Waals surface area contributed by atoms with Crippen LogP contribution in [-0.4, -0.2) is 55.5 Å². The van der Waals surface area contributed by atoms with E-state index < -0.39 is 41.8 Å². The standard InChI is InChI=1S/C40H42N2O8/c1-40(2,3)50-39(46)42-34(36(43)47-4)22-27-16-8-9-17-28(27)23-35(37(44)48-24-26-14-6-5-7-15-26)41-38(45)49-25-33-31-20-12-10-18-29(31)30-19-11-13-21-32(30)33/h5-21,33-35H,22-25H2,1-4H3,(H,41,45)(H,42,46)/t34?,35-/m0/s1.